The molecule has 2 unspecified atom stereocenters. The maximum absolute atomic E-state index is 5.20. The highest BCUT2D eigenvalue weighted by molar-refractivity contribution is 5.24. The van der Waals surface area contributed by atoms with Crippen molar-refractivity contribution >= 4 is 0 Å². The molecule has 1 aliphatic heterocycles. The van der Waals surface area contributed by atoms with Crippen molar-refractivity contribution in [1.29, 1.82) is 0 Å². The van der Waals surface area contributed by atoms with E-state index in [-0.39, 0.29) is 0 Å². The Kier molecular flexibility index (Phi) is 4.18. The monoisotopic (exact) mass is 237 g/mol. The molecule has 0 saturated carbocycles. The lowest BCUT2D eigenvalue weighted by Gasteiger charge is -2.25. The summed E-state index contributed by atoms with van der Waals surface area (Å²) >= 11 is 0. The summed E-state index contributed by atoms with van der Waals surface area (Å²) in [6.45, 7) is 8.34. The van der Waals surface area contributed by atoms with Gasteiger partial charge in [-0.2, -0.15) is 0 Å². The number of nitrogens with one attached hydrogen (secondary N) is 2. The lowest BCUT2D eigenvalue weighted by Crippen LogP contribution is -2.42. The molecule has 2 rings (SSSR count). The zero-order valence-corrected chi connectivity index (χ0v) is 11.0. The fraction of sp³-hybridized carbons (Fsp3) is 0.769. The van der Waals surface area contributed by atoms with E-state index in [0.29, 0.717) is 12.1 Å². The fourth-order valence-electron chi connectivity index (χ4n) is 2.63. The molecule has 2 N–H and O–H groups in total. The minimum absolute atomic E-state index is 0.310. The van der Waals surface area contributed by atoms with Gasteiger partial charge in [-0.3, -0.25) is 0 Å². The minimum atomic E-state index is 0.310. The Labute approximate surface area is 103 Å². The molecule has 2 heterocycles. The molecule has 0 bridgehead atoms. The number of piperidine rings is 1. The summed E-state index contributed by atoms with van der Waals surface area (Å²) in [4.78, 5) is 0. The first-order valence-corrected chi connectivity index (χ1v) is 6.58. The highest BCUT2D eigenvalue weighted by atomic mass is 16.5. The molecule has 2 atom stereocenters. The highest BCUT2D eigenvalue weighted by Gasteiger charge is 2.18. The zero-order chi connectivity index (χ0) is 12.3. The molecule has 1 fully saturated rings. The smallest absolute Gasteiger partial charge is 0.138 e. The number of hydrogen-bond acceptors (Lipinski definition) is 4. The maximum Gasteiger partial charge on any atom is 0.138 e. The SMILES string of the molecule is Cc1noc(C)c1C(C)NCC1CCCCN1. The largest absolute Gasteiger partial charge is 0.361 e. The zero-order valence-electron chi connectivity index (χ0n) is 11.0. The Hall–Kier alpha value is -0.870. The quantitative estimate of drug-likeness (QED) is 0.842. The summed E-state index contributed by atoms with van der Waals surface area (Å²) in [6, 6.07) is 0.927. The van der Waals surface area contributed by atoms with Crippen molar-refractivity contribution < 1.29 is 4.52 Å². The van der Waals surface area contributed by atoms with Gasteiger partial charge >= 0.3 is 0 Å². The number of aryl methyl sites for hydroxylation is 2. The maximum atomic E-state index is 5.20. The summed E-state index contributed by atoms with van der Waals surface area (Å²) in [5.41, 5.74) is 2.21. The molecule has 1 aromatic heterocycles. The van der Waals surface area contributed by atoms with Crippen LogP contribution in [0, 0.1) is 13.8 Å². The minimum Gasteiger partial charge on any atom is -0.361 e. The summed E-state index contributed by atoms with van der Waals surface area (Å²) in [5, 5.41) is 11.1. The molecule has 0 amide bonds. The van der Waals surface area contributed by atoms with Gasteiger partial charge in [-0.15, -0.1) is 0 Å². The third-order valence-corrected chi connectivity index (χ3v) is 3.60. The third kappa shape index (κ3) is 3.07. The molecule has 1 saturated heterocycles. The predicted molar refractivity (Wildman–Crippen MR) is 68.0 cm³/mol. The molecule has 0 aliphatic carbocycles. The first-order valence-electron chi connectivity index (χ1n) is 6.58. The van der Waals surface area contributed by atoms with Crippen molar-refractivity contribution in [3.05, 3.63) is 17.0 Å². The van der Waals surface area contributed by atoms with Crippen LogP contribution in [-0.2, 0) is 0 Å². The van der Waals surface area contributed by atoms with Crippen LogP contribution in [0.3, 0.4) is 0 Å². The van der Waals surface area contributed by atoms with Gasteiger partial charge in [-0.05, 0) is 40.2 Å². The Morgan fingerprint density at radius 2 is 2.29 bits per heavy atom. The van der Waals surface area contributed by atoms with Crippen molar-refractivity contribution in [3.63, 3.8) is 0 Å². The van der Waals surface area contributed by atoms with E-state index in [0.717, 1.165) is 24.5 Å². The molecule has 1 aliphatic rings. The predicted octanol–water partition coefficient (Wildman–Crippen LogP) is 2.08. The molecule has 4 heteroatoms. The fourth-order valence-corrected chi connectivity index (χ4v) is 2.63. The number of nitrogens with zero attached hydrogens (tertiary/aromatic N) is 1. The lowest BCUT2D eigenvalue weighted by molar-refractivity contribution is 0.368. The van der Waals surface area contributed by atoms with Crippen LogP contribution in [0.4, 0.5) is 0 Å². The second kappa shape index (κ2) is 5.65. The van der Waals surface area contributed by atoms with Crippen LogP contribution >= 0.6 is 0 Å². The molecule has 17 heavy (non-hydrogen) atoms. The van der Waals surface area contributed by atoms with E-state index in [2.05, 4.69) is 22.7 Å². The molecule has 4 nitrogen and oxygen atoms in total. The summed E-state index contributed by atoms with van der Waals surface area (Å²) in [6.07, 6.45) is 3.94. The number of rotatable bonds is 4. The van der Waals surface area contributed by atoms with Crippen molar-refractivity contribution in [3.8, 4) is 0 Å². The molecule has 0 aromatic carbocycles. The van der Waals surface area contributed by atoms with Crippen LogP contribution in [-0.4, -0.2) is 24.3 Å². The van der Waals surface area contributed by atoms with Crippen molar-refractivity contribution in [2.45, 2.75) is 52.1 Å². The van der Waals surface area contributed by atoms with Crippen molar-refractivity contribution in [2.75, 3.05) is 13.1 Å². The summed E-state index contributed by atoms with van der Waals surface area (Å²) in [7, 11) is 0. The Morgan fingerprint density at radius 1 is 1.47 bits per heavy atom. The van der Waals surface area contributed by atoms with E-state index in [4.69, 9.17) is 4.52 Å². The molecule has 1 aromatic rings. The van der Waals surface area contributed by atoms with Crippen molar-refractivity contribution in [1.82, 2.24) is 15.8 Å². The lowest BCUT2D eigenvalue weighted by atomic mass is 10.0. The van der Waals surface area contributed by atoms with E-state index in [1.807, 2.05) is 13.8 Å². The van der Waals surface area contributed by atoms with E-state index in [1.54, 1.807) is 0 Å². The van der Waals surface area contributed by atoms with Gasteiger partial charge in [-0.25, -0.2) is 0 Å². The van der Waals surface area contributed by atoms with Gasteiger partial charge in [0.2, 0.25) is 0 Å². The van der Waals surface area contributed by atoms with Gasteiger partial charge in [0.1, 0.15) is 5.76 Å². The van der Waals surface area contributed by atoms with Gasteiger partial charge in [-0.1, -0.05) is 11.6 Å². The average molecular weight is 237 g/mol. The summed E-state index contributed by atoms with van der Waals surface area (Å²) in [5.74, 6) is 0.930. The number of aromatic nitrogens is 1. The van der Waals surface area contributed by atoms with Crippen LogP contribution < -0.4 is 10.6 Å². The standard InChI is InChI=1S/C13H23N3O/c1-9(13-10(2)16-17-11(13)3)15-8-12-6-4-5-7-14-12/h9,12,14-15H,4-8H2,1-3H3. The molecular weight excluding hydrogens is 214 g/mol. The molecule has 0 spiro atoms. The van der Waals surface area contributed by atoms with E-state index in [9.17, 15) is 0 Å². The van der Waals surface area contributed by atoms with Crippen LogP contribution in [0.15, 0.2) is 4.52 Å². The molecule has 96 valence electrons. The number of hydrogen-bond donors (Lipinski definition) is 2. The topological polar surface area (TPSA) is 50.1 Å². The second-order valence-electron chi connectivity index (χ2n) is 5.01. The van der Waals surface area contributed by atoms with E-state index in [1.165, 1.54) is 24.8 Å². The van der Waals surface area contributed by atoms with Gasteiger partial charge in [0.25, 0.3) is 0 Å². The molecular formula is C13H23N3O. The van der Waals surface area contributed by atoms with Crippen LogP contribution in [0.1, 0.15) is 49.2 Å². The second-order valence-corrected chi connectivity index (χ2v) is 5.01. The van der Waals surface area contributed by atoms with Crippen LogP contribution in [0.25, 0.3) is 0 Å². The van der Waals surface area contributed by atoms with Gasteiger partial charge in [0, 0.05) is 24.2 Å². The summed E-state index contributed by atoms with van der Waals surface area (Å²) < 4.78 is 5.20. The van der Waals surface area contributed by atoms with Crippen LogP contribution in [0.2, 0.25) is 0 Å². The third-order valence-electron chi connectivity index (χ3n) is 3.60. The van der Waals surface area contributed by atoms with Gasteiger partial charge in [0.15, 0.2) is 0 Å². The van der Waals surface area contributed by atoms with E-state index < -0.39 is 0 Å². The van der Waals surface area contributed by atoms with E-state index >= 15 is 0 Å². The Morgan fingerprint density at radius 3 is 2.88 bits per heavy atom. The van der Waals surface area contributed by atoms with Gasteiger partial charge in [0.05, 0.1) is 5.69 Å². The Balaban J connectivity index is 1.86. The first-order chi connectivity index (χ1) is 8.18. The highest BCUT2D eigenvalue weighted by Crippen LogP contribution is 2.20. The normalized spacial score (nSPS) is 22.6. The van der Waals surface area contributed by atoms with Gasteiger partial charge < -0.3 is 15.2 Å². The first kappa shape index (κ1) is 12.6. The Bertz CT molecular complexity index is 336. The molecule has 0 radical (unpaired) electrons. The van der Waals surface area contributed by atoms with Crippen LogP contribution in [0.5, 0.6) is 0 Å². The van der Waals surface area contributed by atoms with Crippen molar-refractivity contribution in [2.24, 2.45) is 0 Å². The average Bonchev–Trinajstić information content (AvgIpc) is 2.67.